The van der Waals surface area contributed by atoms with Crippen molar-refractivity contribution >= 4 is 36.3 Å². The van der Waals surface area contributed by atoms with Crippen LogP contribution in [0.4, 0.5) is 0 Å². The second-order valence-corrected chi connectivity index (χ2v) is 7.23. The first-order valence-electron chi connectivity index (χ1n) is 8.19. The fraction of sp³-hybridized carbons (Fsp3) is 0.733. The molecule has 2 atom stereocenters. The summed E-state index contributed by atoms with van der Waals surface area (Å²) in [6.07, 6.45) is 0.0818. The summed E-state index contributed by atoms with van der Waals surface area (Å²) >= 11 is 3.96. The van der Waals surface area contributed by atoms with E-state index in [2.05, 4.69) is 28.6 Å². The molecule has 10 nitrogen and oxygen atoms in total. The Morgan fingerprint density at radius 2 is 1.73 bits per heavy atom. The molecule has 0 aromatic heterocycles. The Kier molecular flexibility index (Phi) is 10.9. The minimum absolute atomic E-state index is 0.00872. The van der Waals surface area contributed by atoms with Crippen molar-refractivity contribution in [2.75, 3.05) is 46.5 Å². The molecule has 11 heteroatoms. The second kappa shape index (κ2) is 11.7. The zero-order valence-corrected chi connectivity index (χ0v) is 16.3. The van der Waals surface area contributed by atoms with E-state index in [1.807, 2.05) is 21.1 Å². The number of carbonyl (C=O) groups is 4. The predicted molar refractivity (Wildman–Crippen MR) is 99.5 cm³/mol. The smallest absolute Gasteiger partial charge is 0.322 e. The fourth-order valence-electron chi connectivity index (χ4n) is 1.81. The van der Waals surface area contributed by atoms with E-state index in [0.29, 0.717) is 11.0 Å². The van der Waals surface area contributed by atoms with E-state index in [1.54, 1.807) is 0 Å². The molecule has 150 valence electrons. The molecular formula is C15H30N5O5S+. The lowest BCUT2D eigenvalue weighted by molar-refractivity contribution is -0.869. The van der Waals surface area contributed by atoms with Crippen molar-refractivity contribution in [1.82, 2.24) is 16.0 Å². The van der Waals surface area contributed by atoms with Crippen LogP contribution in [0, 0.1) is 0 Å². The summed E-state index contributed by atoms with van der Waals surface area (Å²) in [5.41, 5.74) is 5.76. The van der Waals surface area contributed by atoms with Crippen LogP contribution >= 0.6 is 12.6 Å². The number of carbonyl (C=O) groups excluding carboxylic acids is 3. The number of nitrogens with one attached hydrogen (secondary N) is 3. The highest BCUT2D eigenvalue weighted by Gasteiger charge is 2.21. The lowest BCUT2D eigenvalue weighted by Gasteiger charge is -2.24. The molecule has 0 aliphatic rings. The Morgan fingerprint density at radius 3 is 2.23 bits per heavy atom. The third-order valence-corrected chi connectivity index (χ3v) is 3.71. The van der Waals surface area contributed by atoms with Crippen LogP contribution in [0.2, 0.25) is 0 Å². The number of carboxylic acids is 1. The fourth-order valence-corrected chi connectivity index (χ4v) is 2.07. The number of quaternary nitrogens is 1. The Morgan fingerprint density at radius 1 is 1.12 bits per heavy atom. The van der Waals surface area contributed by atoms with Crippen molar-refractivity contribution < 1.29 is 28.8 Å². The number of likely N-dealkylation sites (N-methyl/N-ethyl adjacent to an activating group) is 1. The average molecular weight is 393 g/mol. The molecular weight excluding hydrogens is 362 g/mol. The van der Waals surface area contributed by atoms with Gasteiger partial charge < -0.3 is 31.3 Å². The first kappa shape index (κ1) is 24.1. The Labute approximate surface area is 158 Å². The van der Waals surface area contributed by atoms with E-state index >= 15 is 0 Å². The van der Waals surface area contributed by atoms with E-state index in [4.69, 9.17) is 10.8 Å². The van der Waals surface area contributed by atoms with Gasteiger partial charge in [-0.25, -0.2) is 0 Å². The van der Waals surface area contributed by atoms with Crippen LogP contribution < -0.4 is 21.7 Å². The monoisotopic (exact) mass is 392 g/mol. The maximum Gasteiger partial charge on any atom is 0.322 e. The molecule has 0 aromatic rings. The number of carboxylic acid groups (broad SMARTS) is 1. The molecule has 0 aromatic carbocycles. The maximum absolute atomic E-state index is 11.9. The minimum atomic E-state index is -1.19. The summed E-state index contributed by atoms with van der Waals surface area (Å²) in [5.74, 6) is -2.63. The van der Waals surface area contributed by atoms with Gasteiger partial charge in [0, 0.05) is 12.2 Å². The van der Waals surface area contributed by atoms with E-state index in [9.17, 15) is 19.2 Å². The number of hydrogen-bond acceptors (Lipinski definition) is 6. The topological polar surface area (TPSA) is 151 Å². The van der Waals surface area contributed by atoms with Crippen LogP contribution in [0.25, 0.3) is 0 Å². The van der Waals surface area contributed by atoms with Gasteiger partial charge in [-0.15, -0.1) is 0 Å². The first-order valence-corrected chi connectivity index (χ1v) is 8.83. The van der Waals surface area contributed by atoms with Crippen LogP contribution in [-0.2, 0) is 19.2 Å². The summed E-state index contributed by atoms with van der Waals surface area (Å²) < 4.78 is 0.701. The third kappa shape index (κ3) is 11.7. The van der Waals surface area contributed by atoms with Crippen LogP contribution in [0.15, 0.2) is 0 Å². The zero-order chi connectivity index (χ0) is 20.3. The van der Waals surface area contributed by atoms with Crippen molar-refractivity contribution in [2.45, 2.75) is 24.9 Å². The number of nitrogens with zero attached hydrogens (tertiary/aromatic N) is 1. The molecule has 0 unspecified atom stereocenters. The molecule has 0 heterocycles. The zero-order valence-electron chi connectivity index (χ0n) is 15.4. The number of aliphatic carboxylic acids is 1. The van der Waals surface area contributed by atoms with Crippen molar-refractivity contribution in [2.24, 2.45) is 5.73 Å². The maximum atomic E-state index is 11.9. The Hall–Kier alpha value is -1.85. The summed E-state index contributed by atoms with van der Waals surface area (Å²) in [6, 6.07) is -1.79. The summed E-state index contributed by atoms with van der Waals surface area (Å²) in [7, 11) is 6.00. The van der Waals surface area contributed by atoms with Gasteiger partial charge in [0.1, 0.15) is 12.6 Å². The van der Waals surface area contributed by atoms with Crippen LogP contribution in [0.1, 0.15) is 12.8 Å². The van der Waals surface area contributed by atoms with Gasteiger partial charge in [-0.2, -0.15) is 12.6 Å². The predicted octanol–water partition coefficient (Wildman–Crippen LogP) is -2.47. The van der Waals surface area contributed by atoms with Gasteiger partial charge in [-0.1, -0.05) is 0 Å². The van der Waals surface area contributed by atoms with Gasteiger partial charge in [-0.3, -0.25) is 19.2 Å². The van der Waals surface area contributed by atoms with Gasteiger partial charge in [0.15, 0.2) is 0 Å². The molecule has 26 heavy (non-hydrogen) atoms. The van der Waals surface area contributed by atoms with Crippen LogP contribution in [0.3, 0.4) is 0 Å². The number of amides is 3. The molecule has 0 aliphatic heterocycles. The highest BCUT2D eigenvalue weighted by atomic mass is 32.1. The average Bonchev–Trinajstić information content (AvgIpc) is 2.53. The summed E-state index contributed by atoms with van der Waals surface area (Å²) in [6.45, 7) is 0.680. The molecule has 6 N–H and O–H groups in total. The Bertz CT molecular complexity index is 509. The molecule has 0 radical (unpaired) electrons. The molecule has 0 spiro atoms. The summed E-state index contributed by atoms with van der Waals surface area (Å²) in [5, 5.41) is 15.8. The lowest BCUT2D eigenvalue weighted by Crippen LogP contribution is -2.49. The van der Waals surface area contributed by atoms with Crippen molar-refractivity contribution in [3.05, 3.63) is 0 Å². The molecule has 0 bridgehead atoms. The number of thiol groups is 1. The highest BCUT2D eigenvalue weighted by molar-refractivity contribution is 7.80. The molecule has 0 fully saturated rings. The molecule has 3 amide bonds. The quantitative estimate of drug-likeness (QED) is 0.160. The SMILES string of the molecule is C[N+](C)(C)CCNC(=O)[C@@H](N)CCC(=O)N[C@@H](CS)C(=O)NCC(=O)O. The van der Waals surface area contributed by atoms with E-state index < -0.39 is 36.4 Å². The first-order chi connectivity index (χ1) is 12.0. The van der Waals surface area contributed by atoms with Crippen molar-refractivity contribution in [3.8, 4) is 0 Å². The van der Waals surface area contributed by atoms with Crippen LogP contribution in [-0.4, -0.2) is 91.9 Å². The second-order valence-electron chi connectivity index (χ2n) is 6.86. The molecule has 0 aliphatic carbocycles. The van der Waals surface area contributed by atoms with Gasteiger partial charge in [0.25, 0.3) is 0 Å². The van der Waals surface area contributed by atoms with Gasteiger partial charge in [-0.05, 0) is 6.42 Å². The summed E-state index contributed by atoms with van der Waals surface area (Å²) in [4.78, 5) is 45.9. The molecule has 0 saturated carbocycles. The van der Waals surface area contributed by atoms with Gasteiger partial charge in [0.2, 0.25) is 17.7 Å². The van der Waals surface area contributed by atoms with Crippen LogP contribution in [0.5, 0.6) is 0 Å². The van der Waals surface area contributed by atoms with Gasteiger partial charge in [0.05, 0.1) is 40.3 Å². The van der Waals surface area contributed by atoms with Gasteiger partial charge >= 0.3 is 5.97 Å². The molecule has 0 rings (SSSR count). The lowest BCUT2D eigenvalue weighted by atomic mass is 10.1. The van der Waals surface area contributed by atoms with E-state index in [1.165, 1.54) is 0 Å². The van der Waals surface area contributed by atoms with Crippen molar-refractivity contribution in [3.63, 3.8) is 0 Å². The number of hydrogen-bond donors (Lipinski definition) is 6. The van der Waals surface area contributed by atoms with E-state index in [-0.39, 0.29) is 24.5 Å². The highest BCUT2D eigenvalue weighted by Crippen LogP contribution is 1.98. The largest absolute Gasteiger partial charge is 0.480 e. The van der Waals surface area contributed by atoms with Crippen molar-refractivity contribution in [1.29, 1.82) is 0 Å². The molecule has 0 saturated heterocycles. The normalized spacial score (nSPS) is 13.4. The third-order valence-electron chi connectivity index (χ3n) is 3.35. The standard InChI is InChI=1S/C15H29N5O5S/c1-20(2,3)7-6-17-14(24)10(16)4-5-12(21)19-11(9-26)15(25)18-8-13(22)23/h10-11H,4-9,16H2,1-3H3,(H4-,17,18,19,21,22,23,24,25,26)/p+1/t10-,11-/m0/s1. The minimum Gasteiger partial charge on any atom is -0.480 e. The Balaban J connectivity index is 4.23. The number of rotatable bonds is 12. The number of nitrogens with two attached hydrogens (primary N) is 1. The van der Waals surface area contributed by atoms with E-state index in [0.717, 1.165) is 6.54 Å².